The molecule has 0 bridgehead atoms. The van der Waals surface area contributed by atoms with Crippen molar-refractivity contribution in [3.8, 4) is 5.75 Å². The van der Waals surface area contributed by atoms with Crippen molar-refractivity contribution in [3.05, 3.63) is 84.4 Å². The predicted octanol–water partition coefficient (Wildman–Crippen LogP) is 3.73. The number of benzene rings is 2. The summed E-state index contributed by atoms with van der Waals surface area (Å²) in [5.41, 5.74) is 0.763. The third kappa shape index (κ3) is 10.5. The zero-order valence-electron chi connectivity index (χ0n) is 22.5. The van der Waals surface area contributed by atoms with Crippen LogP contribution >= 0.6 is 0 Å². The molecule has 3 rings (SSSR count). The Morgan fingerprint density at radius 3 is 2.33 bits per heavy atom. The molecule has 10 heteroatoms. The van der Waals surface area contributed by atoms with Crippen LogP contribution in [0.3, 0.4) is 0 Å². The minimum absolute atomic E-state index is 0.0701. The molecular weight excluding hydrogens is 500 g/mol. The maximum Gasteiger partial charge on any atom is 0.408 e. The summed E-state index contributed by atoms with van der Waals surface area (Å²) in [6.07, 6.45) is 5.42. The van der Waals surface area contributed by atoms with Crippen molar-refractivity contribution in [1.29, 1.82) is 0 Å². The number of ether oxygens (including phenoxy) is 2. The van der Waals surface area contributed by atoms with Gasteiger partial charge in [-0.2, -0.15) is 0 Å². The summed E-state index contributed by atoms with van der Waals surface area (Å²) in [4.78, 5) is 43.1. The van der Waals surface area contributed by atoms with E-state index in [2.05, 4.69) is 15.6 Å². The Hall–Kier alpha value is -4.34. The molecule has 1 heterocycles. The number of phenolic OH excluding ortho intramolecular Hbond substituents is 1. The minimum Gasteiger partial charge on any atom is -0.508 e. The first-order valence-electron chi connectivity index (χ1n) is 12.8. The fraction of sp³-hybridized carbons (Fsp3) is 0.379. The number of nitrogens with zero attached hydrogens (tertiary/aromatic N) is 2. The number of hydrogen-bond acceptors (Lipinski definition) is 7. The molecule has 2 atom stereocenters. The van der Waals surface area contributed by atoms with E-state index in [-0.39, 0.29) is 18.8 Å². The molecule has 0 saturated heterocycles. The number of alkyl carbamates (subject to hydrolysis) is 1. The summed E-state index contributed by atoms with van der Waals surface area (Å²) in [5.74, 6) is -1.05. The SMILES string of the molecule is CC(C)(C)OC(=O)NC(Cc1ccc(O)cc1)C(=O)N[C@H](CCCn1ccnc1)C(=O)OCc1ccccc1. The minimum atomic E-state index is -1.04. The second-order valence-electron chi connectivity index (χ2n) is 10.2. The maximum atomic E-state index is 13.4. The highest BCUT2D eigenvalue weighted by Gasteiger charge is 2.29. The van der Waals surface area contributed by atoms with Crippen LogP contribution in [-0.4, -0.2) is 50.3 Å². The van der Waals surface area contributed by atoms with Crippen LogP contribution < -0.4 is 10.6 Å². The summed E-state index contributed by atoms with van der Waals surface area (Å²) >= 11 is 0. The molecule has 3 N–H and O–H groups in total. The Kier molecular flexibility index (Phi) is 10.5. The fourth-order valence-corrected chi connectivity index (χ4v) is 3.77. The number of aromatic hydroxyl groups is 1. The largest absolute Gasteiger partial charge is 0.508 e. The molecule has 0 aliphatic carbocycles. The number of phenols is 1. The molecule has 1 aromatic heterocycles. The average molecular weight is 537 g/mol. The third-order valence-electron chi connectivity index (χ3n) is 5.68. The highest BCUT2D eigenvalue weighted by Crippen LogP contribution is 2.14. The van der Waals surface area contributed by atoms with E-state index in [0.29, 0.717) is 24.9 Å². The lowest BCUT2D eigenvalue weighted by atomic mass is 10.0. The van der Waals surface area contributed by atoms with Gasteiger partial charge >= 0.3 is 12.1 Å². The van der Waals surface area contributed by atoms with Crippen molar-refractivity contribution in [2.45, 2.75) is 70.9 Å². The number of aryl methyl sites for hydroxylation is 1. The Bertz CT molecular complexity index is 1190. The molecule has 0 spiro atoms. The van der Waals surface area contributed by atoms with Gasteiger partial charge in [0.25, 0.3) is 0 Å². The van der Waals surface area contributed by atoms with Crippen LogP contribution in [0.2, 0.25) is 0 Å². The number of amides is 2. The van der Waals surface area contributed by atoms with Gasteiger partial charge in [-0.15, -0.1) is 0 Å². The van der Waals surface area contributed by atoms with Crippen molar-refractivity contribution in [2.24, 2.45) is 0 Å². The van der Waals surface area contributed by atoms with Crippen LogP contribution in [0.4, 0.5) is 4.79 Å². The maximum absolute atomic E-state index is 13.4. The Balaban J connectivity index is 1.72. The molecule has 0 radical (unpaired) electrons. The van der Waals surface area contributed by atoms with Crippen LogP contribution in [0.1, 0.15) is 44.7 Å². The van der Waals surface area contributed by atoms with E-state index in [1.165, 1.54) is 12.1 Å². The van der Waals surface area contributed by atoms with Crippen molar-refractivity contribution < 1.29 is 29.0 Å². The lowest BCUT2D eigenvalue weighted by Gasteiger charge is -2.25. The summed E-state index contributed by atoms with van der Waals surface area (Å²) in [5, 5.41) is 15.0. The Morgan fingerprint density at radius 2 is 1.69 bits per heavy atom. The molecule has 0 fully saturated rings. The molecule has 1 unspecified atom stereocenters. The van der Waals surface area contributed by atoms with E-state index in [9.17, 15) is 19.5 Å². The highest BCUT2D eigenvalue weighted by molar-refractivity contribution is 5.90. The number of nitrogens with one attached hydrogen (secondary N) is 2. The van der Waals surface area contributed by atoms with Gasteiger partial charge in [0.1, 0.15) is 30.0 Å². The zero-order chi connectivity index (χ0) is 28.3. The normalized spacial score (nSPS) is 12.7. The van der Waals surface area contributed by atoms with E-state index >= 15 is 0 Å². The van der Waals surface area contributed by atoms with Gasteiger partial charge in [-0.1, -0.05) is 42.5 Å². The fourth-order valence-electron chi connectivity index (χ4n) is 3.77. The first-order chi connectivity index (χ1) is 18.6. The van der Waals surface area contributed by atoms with Gasteiger partial charge in [-0.25, -0.2) is 14.6 Å². The van der Waals surface area contributed by atoms with Gasteiger partial charge in [0, 0.05) is 25.4 Å². The lowest BCUT2D eigenvalue weighted by Crippen LogP contribution is -2.53. The second-order valence-corrected chi connectivity index (χ2v) is 10.2. The molecule has 2 aromatic carbocycles. The van der Waals surface area contributed by atoms with E-state index in [1.54, 1.807) is 45.4 Å². The molecule has 0 aliphatic heterocycles. The average Bonchev–Trinajstić information content (AvgIpc) is 3.40. The van der Waals surface area contributed by atoms with E-state index in [1.807, 2.05) is 41.1 Å². The van der Waals surface area contributed by atoms with Gasteiger partial charge in [-0.05, 0) is 56.9 Å². The Morgan fingerprint density at radius 1 is 0.974 bits per heavy atom. The van der Waals surface area contributed by atoms with Crippen LogP contribution in [0.25, 0.3) is 0 Å². The summed E-state index contributed by atoms with van der Waals surface area (Å²) in [7, 11) is 0. The van der Waals surface area contributed by atoms with E-state index < -0.39 is 35.7 Å². The number of rotatable bonds is 12. The van der Waals surface area contributed by atoms with Crippen molar-refractivity contribution in [3.63, 3.8) is 0 Å². The van der Waals surface area contributed by atoms with Crippen LogP contribution in [-0.2, 0) is 38.6 Å². The summed E-state index contributed by atoms with van der Waals surface area (Å²) < 4.78 is 12.8. The molecule has 10 nitrogen and oxygen atoms in total. The van der Waals surface area contributed by atoms with Gasteiger partial charge in [0.05, 0.1) is 6.33 Å². The van der Waals surface area contributed by atoms with E-state index in [4.69, 9.17) is 9.47 Å². The monoisotopic (exact) mass is 536 g/mol. The van der Waals surface area contributed by atoms with Gasteiger partial charge in [0.2, 0.25) is 5.91 Å². The van der Waals surface area contributed by atoms with E-state index in [0.717, 1.165) is 5.56 Å². The summed E-state index contributed by atoms with van der Waals surface area (Å²) in [6.45, 7) is 5.84. The zero-order valence-corrected chi connectivity index (χ0v) is 22.5. The molecule has 3 aromatic rings. The summed E-state index contributed by atoms with van der Waals surface area (Å²) in [6, 6.07) is 13.6. The molecule has 0 aliphatic rings. The molecule has 208 valence electrons. The molecule has 39 heavy (non-hydrogen) atoms. The second kappa shape index (κ2) is 14.0. The number of carbonyl (C=O) groups is 3. The van der Waals surface area contributed by atoms with Crippen molar-refractivity contribution in [1.82, 2.24) is 20.2 Å². The topological polar surface area (TPSA) is 132 Å². The smallest absolute Gasteiger partial charge is 0.408 e. The van der Waals surface area contributed by atoms with Crippen LogP contribution in [0, 0.1) is 0 Å². The number of imidazole rings is 1. The number of carbonyl (C=O) groups excluding carboxylic acids is 3. The molecule has 2 amide bonds. The van der Waals surface area contributed by atoms with Crippen LogP contribution in [0.5, 0.6) is 5.75 Å². The van der Waals surface area contributed by atoms with Crippen LogP contribution in [0.15, 0.2) is 73.3 Å². The van der Waals surface area contributed by atoms with Gasteiger partial charge in [-0.3, -0.25) is 4.79 Å². The first kappa shape index (κ1) is 29.2. The number of esters is 1. The standard InChI is InChI=1S/C29H36N4O6/c1-29(2,3)39-28(37)32-25(18-21-11-13-23(34)14-12-21)26(35)31-24(10-7-16-33-17-15-30-20-33)27(36)38-19-22-8-5-4-6-9-22/h4-6,8-9,11-15,17,20,24-25,34H,7,10,16,18-19H2,1-3H3,(H,31,35)(H,32,37)/t24-,25?/m1/s1. The van der Waals surface area contributed by atoms with Crippen molar-refractivity contribution in [2.75, 3.05) is 0 Å². The van der Waals surface area contributed by atoms with Crippen molar-refractivity contribution >= 4 is 18.0 Å². The highest BCUT2D eigenvalue weighted by atomic mass is 16.6. The lowest BCUT2D eigenvalue weighted by molar-refractivity contribution is -0.149. The number of hydrogen-bond donors (Lipinski definition) is 3. The molecule has 0 saturated carbocycles. The quantitative estimate of drug-likeness (QED) is 0.301. The van der Waals surface area contributed by atoms with Gasteiger partial charge < -0.3 is 29.8 Å². The molecular formula is C29H36N4O6. The van der Waals surface area contributed by atoms with Gasteiger partial charge in [0.15, 0.2) is 0 Å². The predicted molar refractivity (Wildman–Crippen MR) is 145 cm³/mol. The first-order valence-corrected chi connectivity index (χ1v) is 12.8. The Labute approximate surface area is 228 Å². The number of aromatic nitrogens is 2. The third-order valence-corrected chi connectivity index (χ3v) is 5.68.